The third-order valence-electron chi connectivity index (χ3n) is 5.10. The Morgan fingerprint density at radius 3 is 2.76 bits per heavy atom. The zero-order valence-electron chi connectivity index (χ0n) is 17.6. The molecule has 8 nitrogen and oxygen atoms in total. The molecular formula is C23H18FN3O5S. The number of halogens is 1. The lowest BCUT2D eigenvalue weighted by Crippen LogP contribution is -2.40. The highest BCUT2D eigenvalue weighted by molar-refractivity contribution is 7.07. The molecule has 2 aromatic carbocycles. The van der Waals surface area contributed by atoms with Crippen molar-refractivity contribution in [2.24, 2.45) is 4.99 Å². The molecule has 1 aromatic heterocycles. The minimum Gasteiger partial charge on any atom is -0.463 e. The minimum atomic E-state index is -1.06. The van der Waals surface area contributed by atoms with Gasteiger partial charge < -0.3 is 4.74 Å². The van der Waals surface area contributed by atoms with Crippen LogP contribution in [-0.4, -0.2) is 22.1 Å². The van der Waals surface area contributed by atoms with E-state index in [1.54, 1.807) is 26.0 Å². The molecule has 10 heteroatoms. The van der Waals surface area contributed by atoms with Gasteiger partial charge in [0.25, 0.3) is 11.2 Å². The number of fused-ring (bicyclic) bond motifs is 1. The first kappa shape index (κ1) is 22.3. The second-order valence-corrected chi connectivity index (χ2v) is 8.18. The number of nitrogens with zero attached hydrogens (tertiary/aromatic N) is 3. The number of hydrogen-bond donors (Lipinski definition) is 0. The van der Waals surface area contributed by atoms with Crippen molar-refractivity contribution in [1.29, 1.82) is 0 Å². The van der Waals surface area contributed by atoms with Gasteiger partial charge in [0.05, 0.1) is 27.3 Å². The lowest BCUT2D eigenvalue weighted by atomic mass is 9.95. The molecular weight excluding hydrogens is 449 g/mol. The summed E-state index contributed by atoms with van der Waals surface area (Å²) in [6, 6.07) is 10.7. The minimum absolute atomic E-state index is 0.0799. The number of allylic oxidation sites excluding steroid dienone is 1. The second-order valence-electron chi connectivity index (χ2n) is 7.18. The van der Waals surface area contributed by atoms with E-state index in [9.17, 15) is 24.1 Å². The molecule has 33 heavy (non-hydrogen) atoms. The van der Waals surface area contributed by atoms with Gasteiger partial charge in [-0.3, -0.25) is 19.5 Å². The summed E-state index contributed by atoms with van der Waals surface area (Å²) in [6.45, 7) is 3.37. The Hall–Kier alpha value is -3.92. The number of ether oxygens (including phenoxy) is 1. The number of non-ortho nitro benzene ring substituents is 1. The fourth-order valence-electron chi connectivity index (χ4n) is 3.66. The maximum Gasteiger partial charge on any atom is 0.338 e. The van der Waals surface area contributed by atoms with E-state index in [4.69, 9.17) is 4.74 Å². The van der Waals surface area contributed by atoms with Crippen LogP contribution >= 0.6 is 11.3 Å². The summed E-state index contributed by atoms with van der Waals surface area (Å²) in [5.41, 5.74) is 0.395. The van der Waals surface area contributed by atoms with E-state index in [1.807, 2.05) is 0 Å². The Bertz CT molecular complexity index is 1490. The van der Waals surface area contributed by atoms with Gasteiger partial charge in [-0.1, -0.05) is 41.7 Å². The Labute approximate surface area is 190 Å². The van der Waals surface area contributed by atoms with Crippen molar-refractivity contribution in [2.45, 2.75) is 19.9 Å². The van der Waals surface area contributed by atoms with Gasteiger partial charge in [0.2, 0.25) is 0 Å². The van der Waals surface area contributed by atoms with E-state index in [1.165, 1.54) is 47.0 Å². The van der Waals surface area contributed by atoms with Crippen molar-refractivity contribution in [2.75, 3.05) is 6.61 Å². The van der Waals surface area contributed by atoms with Gasteiger partial charge in [0.15, 0.2) is 4.80 Å². The number of rotatable bonds is 5. The highest BCUT2D eigenvalue weighted by Gasteiger charge is 2.34. The van der Waals surface area contributed by atoms with Crippen molar-refractivity contribution < 1.29 is 18.8 Å². The normalized spacial score (nSPS) is 15.7. The number of aromatic nitrogens is 1. The predicted molar refractivity (Wildman–Crippen MR) is 120 cm³/mol. The zero-order chi connectivity index (χ0) is 23.7. The van der Waals surface area contributed by atoms with Crippen LogP contribution in [0.3, 0.4) is 0 Å². The van der Waals surface area contributed by atoms with E-state index >= 15 is 0 Å². The van der Waals surface area contributed by atoms with Crippen LogP contribution in [-0.2, 0) is 9.53 Å². The van der Waals surface area contributed by atoms with E-state index in [-0.39, 0.29) is 32.8 Å². The molecule has 0 aliphatic carbocycles. The summed E-state index contributed by atoms with van der Waals surface area (Å²) >= 11 is 1.06. The molecule has 3 aromatic rings. The second kappa shape index (κ2) is 8.91. The molecule has 2 heterocycles. The third kappa shape index (κ3) is 4.12. The van der Waals surface area contributed by atoms with Gasteiger partial charge in [0.1, 0.15) is 11.9 Å². The summed E-state index contributed by atoms with van der Waals surface area (Å²) < 4.78 is 21.5. The molecule has 0 spiro atoms. The van der Waals surface area contributed by atoms with Crippen LogP contribution in [0.4, 0.5) is 10.1 Å². The molecule has 0 radical (unpaired) electrons. The van der Waals surface area contributed by atoms with Gasteiger partial charge in [-0.2, -0.15) is 0 Å². The maximum atomic E-state index is 14.8. The van der Waals surface area contributed by atoms with Gasteiger partial charge in [0, 0.05) is 17.7 Å². The quantitative estimate of drug-likeness (QED) is 0.326. The molecule has 0 bridgehead atoms. The largest absolute Gasteiger partial charge is 0.463 e. The summed E-state index contributed by atoms with van der Waals surface area (Å²) in [6.07, 6.45) is 1.51. The molecule has 4 rings (SSSR count). The molecule has 0 saturated heterocycles. The molecule has 1 atom stereocenters. The first-order valence-electron chi connectivity index (χ1n) is 10.0. The van der Waals surface area contributed by atoms with Crippen LogP contribution in [0.25, 0.3) is 6.08 Å². The third-order valence-corrected chi connectivity index (χ3v) is 6.08. The van der Waals surface area contributed by atoms with Crippen molar-refractivity contribution in [1.82, 2.24) is 4.57 Å². The van der Waals surface area contributed by atoms with Gasteiger partial charge in [-0.15, -0.1) is 0 Å². The number of benzene rings is 2. The monoisotopic (exact) mass is 467 g/mol. The molecule has 168 valence electrons. The molecule has 0 amide bonds. The topological polar surface area (TPSA) is 104 Å². The lowest BCUT2D eigenvalue weighted by Gasteiger charge is -2.24. The fraction of sp³-hybridized carbons (Fsp3) is 0.174. The molecule has 0 N–H and O–H groups in total. The molecule has 1 aliphatic rings. The standard InChI is InChI=1S/C23H18FN3O5S/c1-3-32-22(29)19-13(2)25-23-26(20(19)16-9-4-5-10-17(16)24)21(28)18(33-23)12-14-7-6-8-15(11-14)27(30)31/h4-12,20H,3H2,1-2H3/b18-12-. The van der Waals surface area contributed by atoms with Crippen LogP contribution in [0, 0.1) is 15.9 Å². The average Bonchev–Trinajstić information content (AvgIpc) is 3.08. The van der Waals surface area contributed by atoms with Crippen LogP contribution < -0.4 is 14.9 Å². The molecule has 0 fully saturated rings. The lowest BCUT2D eigenvalue weighted by molar-refractivity contribution is -0.384. The predicted octanol–water partition coefficient (Wildman–Crippen LogP) is 2.85. The van der Waals surface area contributed by atoms with Gasteiger partial charge in [-0.25, -0.2) is 14.2 Å². The van der Waals surface area contributed by atoms with Crippen LogP contribution in [0.15, 0.2) is 69.6 Å². The van der Waals surface area contributed by atoms with E-state index in [0.717, 1.165) is 11.3 Å². The fourth-order valence-corrected chi connectivity index (χ4v) is 4.71. The smallest absolute Gasteiger partial charge is 0.338 e. The van der Waals surface area contributed by atoms with Crippen LogP contribution in [0.2, 0.25) is 0 Å². The van der Waals surface area contributed by atoms with E-state index in [2.05, 4.69) is 4.99 Å². The summed E-state index contributed by atoms with van der Waals surface area (Å²) in [4.78, 5) is 41.5. The molecule has 0 saturated carbocycles. The van der Waals surface area contributed by atoms with E-state index < -0.39 is 28.3 Å². The number of carbonyl (C=O) groups excluding carboxylic acids is 1. The number of nitro benzene ring substituents is 1. The SMILES string of the molecule is CCOC(=O)C1=C(C)N=c2s/c(=C\c3cccc([N+](=O)[O-])c3)c(=O)n2C1c1ccccc1F. The van der Waals surface area contributed by atoms with Crippen molar-refractivity contribution in [3.63, 3.8) is 0 Å². The number of carbonyl (C=O) groups is 1. The van der Waals surface area contributed by atoms with Crippen LogP contribution in [0.5, 0.6) is 0 Å². The summed E-state index contributed by atoms with van der Waals surface area (Å²) in [5.74, 6) is -1.26. The van der Waals surface area contributed by atoms with Gasteiger partial charge in [-0.05, 0) is 31.6 Å². The average molecular weight is 467 g/mol. The Balaban J connectivity index is 1.96. The highest BCUT2D eigenvalue weighted by Crippen LogP contribution is 2.32. The van der Waals surface area contributed by atoms with Crippen molar-refractivity contribution >= 4 is 29.1 Å². The maximum absolute atomic E-state index is 14.8. The first-order chi connectivity index (χ1) is 15.8. The first-order valence-corrected chi connectivity index (χ1v) is 10.8. The van der Waals surface area contributed by atoms with Gasteiger partial charge >= 0.3 is 5.97 Å². The summed E-state index contributed by atoms with van der Waals surface area (Å²) in [7, 11) is 0. The number of esters is 1. The zero-order valence-corrected chi connectivity index (χ0v) is 18.5. The number of hydrogen-bond acceptors (Lipinski definition) is 7. The highest BCUT2D eigenvalue weighted by atomic mass is 32.1. The number of thiazole rings is 1. The Morgan fingerprint density at radius 1 is 1.30 bits per heavy atom. The van der Waals surface area contributed by atoms with Crippen molar-refractivity contribution in [3.8, 4) is 0 Å². The molecule has 1 unspecified atom stereocenters. The molecule has 1 aliphatic heterocycles. The van der Waals surface area contributed by atoms with Crippen molar-refractivity contribution in [3.05, 3.63) is 107 Å². The summed E-state index contributed by atoms with van der Waals surface area (Å²) in [5, 5.41) is 11.1. The number of nitro groups is 1. The van der Waals surface area contributed by atoms with E-state index in [0.29, 0.717) is 11.3 Å². The van der Waals surface area contributed by atoms with Crippen LogP contribution in [0.1, 0.15) is 31.0 Å². The Morgan fingerprint density at radius 2 is 2.06 bits per heavy atom. The Kier molecular flexibility index (Phi) is 6.01.